The maximum Gasteiger partial charge on any atom is 0.138 e. The van der Waals surface area contributed by atoms with Crippen molar-refractivity contribution in [1.82, 2.24) is 0 Å². The fraction of sp³-hybridized carbons (Fsp3) is 0.500. The highest BCUT2D eigenvalue weighted by Crippen LogP contribution is 2.49. The number of benzene rings is 1. The molecule has 3 nitrogen and oxygen atoms in total. The summed E-state index contributed by atoms with van der Waals surface area (Å²) in [5.41, 5.74) is 3.30. The summed E-state index contributed by atoms with van der Waals surface area (Å²) < 4.78 is 12.8. The van der Waals surface area contributed by atoms with Crippen molar-refractivity contribution in [2.75, 3.05) is 0 Å². The summed E-state index contributed by atoms with van der Waals surface area (Å²) in [5, 5.41) is 0. The summed E-state index contributed by atoms with van der Waals surface area (Å²) in [6, 6.07) is 0. The molecule has 0 fully saturated rings. The zero-order valence-corrected chi connectivity index (χ0v) is 12.0. The van der Waals surface area contributed by atoms with Crippen molar-refractivity contribution in [1.29, 1.82) is 0 Å². The zero-order chi connectivity index (χ0) is 12.9. The van der Waals surface area contributed by atoms with E-state index in [9.17, 15) is 4.79 Å². The summed E-state index contributed by atoms with van der Waals surface area (Å²) in [6.07, 6.45) is 3.40. The lowest BCUT2D eigenvalue weighted by molar-refractivity contribution is -0.107. The third-order valence-corrected chi connectivity index (χ3v) is 4.40. The van der Waals surface area contributed by atoms with Gasteiger partial charge in [-0.1, -0.05) is 0 Å². The van der Waals surface area contributed by atoms with Crippen molar-refractivity contribution in [2.45, 2.75) is 45.3 Å². The predicted molar refractivity (Wildman–Crippen MR) is 71.5 cm³/mol. The van der Waals surface area contributed by atoms with Gasteiger partial charge in [0.15, 0.2) is 0 Å². The SMILES string of the molecule is CC1Cc2c(CC=O)c3c(c(Br)c2O1)CC(C)O3. The van der Waals surface area contributed by atoms with Gasteiger partial charge in [-0.15, -0.1) is 0 Å². The summed E-state index contributed by atoms with van der Waals surface area (Å²) in [5.74, 6) is 1.81. The smallest absolute Gasteiger partial charge is 0.138 e. The summed E-state index contributed by atoms with van der Waals surface area (Å²) in [7, 11) is 0. The summed E-state index contributed by atoms with van der Waals surface area (Å²) in [4.78, 5) is 10.9. The van der Waals surface area contributed by atoms with Gasteiger partial charge in [0.05, 0.1) is 4.47 Å². The number of rotatable bonds is 2. The molecule has 2 aliphatic heterocycles. The van der Waals surface area contributed by atoms with Crippen LogP contribution in [-0.4, -0.2) is 18.5 Å². The quantitative estimate of drug-likeness (QED) is 0.788. The number of hydrogen-bond donors (Lipinski definition) is 0. The highest BCUT2D eigenvalue weighted by Gasteiger charge is 2.34. The largest absolute Gasteiger partial charge is 0.490 e. The highest BCUT2D eigenvalue weighted by molar-refractivity contribution is 9.10. The van der Waals surface area contributed by atoms with Crippen molar-refractivity contribution < 1.29 is 14.3 Å². The molecule has 1 aromatic carbocycles. The molecule has 3 rings (SSSR count). The average molecular weight is 311 g/mol. The van der Waals surface area contributed by atoms with E-state index in [1.54, 1.807) is 0 Å². The second kappa shape index (κ2) is 4.26. The van der Waals surface area contributed by atoms with E-state index in [1.165, 1.54) is 0 Å². The van der Waals surface area contributed by atoms with Crippen molar-refractivity contribution in [3.63, 3.8) is 0 Å². The van der Waals surface area contributed by atoms with Gasteiger partial charge in [-0.25, -0.2) is 0 Å². The van der Waals surface area contributed by atoms with E-state index < -0.39 is 0 Å². The van der Waals surface area contributed by atoms with E-state index in [0.29, 0.717) is 6.42 Å². The Bertz CT molecular complexity index is 485. The molecule has 0 saturated carbocycles. The predicted octanol–water partition coefficient (Wildman–Crippen LogP) is 2.84. The molecule has 1 aromatic rings. The van der Waals surface area contributed by atoms with Crippen LogP contribution in [0.5, 0.6) is 11.5 Å². The Labute approximate surface area is 115 Å². The first-order valence-electron chi connectivity index (χ1n) is 6.24. The number of aldehydes is 1. The van der Waals surface area contributed by atoms with Crippen LogP contribution in [0.4, 0.5) is 0 Å². The molecule has 2 aliphatic rings. The van der Waals surface area contributed by atoms with Crippen LogP contribution in [0.1, 0.15) is 30.5 Å². The molecular formula is C14H15BrO3. The number of carbonyl (C=O) groups excluding carboxylic acids is 1. The monoisotopic (exact) mass is 310 g/mol. The third kappa shape index (κ3) is 1.66. The first-order valence-corrected chi connectivity index (χ1v) is 7.04. The molecule has 96 valence electrons. The average Bonchev–Trinajstić information content (AvgIpc) is 2.88. The van der Waals surface area contributed by atoms with Gasteiger partial charge in [0, 0.05) is 36.0 Å². The molecule has 0 aliphatic carbocycles. The van der Waals surface area contributed by atoms with Crippen LogP contribution in [0.25, 0.3) is 0 Å². The third-order valence-electron chi connectivity index (χ3n) is 3.56. The lowest BCUT2D eigenvalue weighted by Gasteiger charge is -2.13. The van der Waals surface area contributed by atoms with Crippen LogP contribution in [-0.2, 0) is 24.1 Å². The van der Waals surface area contributed by atoms with Gasteiger partial charge in [0.2, 0.25) is 0 Å². The Morgan fingerprint density at radius 3 is 2.44 bits per heavy atom. The van der Waals surface area contributed by atoms with Crippen molar-refractivity contribution in [3.8, 4) is 11.5 Å². The van der Waals surface area contributed by atoms with E-state index in [-0.39, 0.29) is 12.2 Å². The topological polar surface area (TPSA) is 35.5 Å². The van der Waals surface area contributed by atoms with Gasteiger partial charge in [-0.2, -0.15) is 0 Å². The van der Waals surface area contributed by atoms with Crippen LogP contribution >= 0.6 is 15.9 Å². The van der Waals surface area contributed by atoms with Crippen LogP contribution in [0, 0.1) is 0 Å². The first kappa shape index (κ1) is 12.0. The lowest BCUT2D eigenvalue weighted by Crippen LogP contribution is -2.08. The number of hydrogen-bond acceptors (Lipinski definition) is 3. The van der Waals surface area contributed by atoms with Crippen LogP contribution in [0.15, 0.2) is 4.47 Å². The number of fused-ring (bicyclic) bond motifs is 2. The minimum Gasteiger partial charge on any atom is -0.490 e. The van der Waals surface area contributed by atoms with Gasteiger partial charge in [-0.3, -0.25) is 0 Å². The van der Waals surface area contributed by atoms with E-state index in [1.807, 2.05) is 13.8 Å². The van der Waals surface area contributed by atoms with E-state index in [0.717, 1.165) is 51.8 Å². The lowest BCUT2D eigenvalue weighted by atomic mass is 9.96. The Balaban J connectivity index is 2.22. The van der Waals surface area contributed by atoms with Crippen LogP contribution in [0.3, 0.4) is 0 Å². The molecule has 18 heavy (non-hydrogen) atoms. The molecular weight excluding hydrogens is 296 g/mol. The maximum atomic E-state index is 10.9. The molecule has 4 heteroatoms. The van der Waals surface area contributed by atoms with Crippen molar-refractivity contribution in [2.24, 2.45) is 0 Å². The van der Waals surface area contributed by atoms with Gasteiger partial charge < -0.3 is 14.3 Å². The molecule has 2 heterocycles. The zero-order valence-electron chi connectivity index (χ0n) is 10.5. The molecule has 2 atom stereocenters. The molecule has 0 spiro atoms. The maximum absolute atomic E-state index is 10.9. The number of ether oxygens (including phenoxy) is 2. The van der Waals surface area contributed by atoms with Crippen molar-refractivity contribution in [3.05, 3.63) is 21.2 Å². The molecule has 0 N–H and O–H groups in total. The van der Waals surface area contributed by atoms with Crippen LogP contribution in [0.2, 0.25) is 0 Å². The Morgan fingerprint density at radius 2 is 1.78 bits per heavy atom. The second-order valence-electron chi connectivity index (χ2n) is 5.04. The fourth-order valence-electron chi connectivity index (χ4n) is 2.85. The van der Waals surface area contributed by atoms with E-state index in [4.69, 9.17) is 9.47 Å². The fourth-order valence-corrected chi connectivity index (χ4v) is 3.52. The Kier molecular flexibility index (Phi) is 2.85. The highest BCUT2D eigenvalue weighted by atomic mass is 79.9. The summed E-state index contributed by atoms with van der Waals surface area (Å²) in [6.45, 7) is 4.09. The molecule has 0 radical (unpaired) electrons. The van der Waals surface area contributed by atoms with Gasteiger partial charge in [0.1, 0.15) is 30.0 Å². The minimum atomic E-state index is 0.168. The van der Waals surface area contributed by atoms with Gasteiger partial charge >= 0.3 is 0 Å². The molecule has 2 unspecified atom stereocenters. The molecule has 0 aromatic heterocycles. The number of halogens is 1. The number of carbonyl (C=O) groups is 1. The minimum absolute atomic E-state index is 0.168. The second-order valence-corrected chi connectivity index (χ2v) is 5.84. The van der Waals surface area contributed by atoms with Crippen LogP contribution < -0.4 is 9.47 Å². The Morgan fingerprint density at radius 1 is 1.17 bits per heavy atom. The normalized spacial score (nSPS) is 24.2. The van der Waals surface area contributed by atoms with E-state index in [2.05, 4.69) is 15.9 Å². The van der Waals surface area contributed by atoms with Gasteiger partial charge in [0.25, 0.3) is 0 Å². The van der Waals surface area contributed by atoms with Crippen molar-refractivity contribution >= 4 is 22.2 Å². The van der Waals surface area contributed by atoms with Gasteiger partial charge in [-0.05, 0) is 29.8 Å². The first-order chi connectivity index (χ1) is 8.61. The summed E-state index contributed by atoms with van der Waals surface area (Å²) >= 11 is 3.63. The standard InChI is InChI=1S/C14H15BrO3/c1-7-5-10-9(3-4-16)13-11(6-8(2)17-13)12(15)14(10)18-7/h4,7-8H,3,5-6H2,1-2H3. The molecule has 0 amide bonds. The molecule has 0 bridgehead atoms. The van der Waals surface area contributed by atoms with E-state index >= 15 is 0 Å². The Hall–Kier alpha value is -1.03. The molecule has 0 saturated heterocycles.